The molecule has 106 valence electrons. The minimum Gasteiger partial charge on any atom is -0.315 e. The Labute approximate surface area is 126 Å². The highest BCUT2D eigenvalue weighted by Gasteiger charge is 2.27. The van der Waals surface area contributed by atoms with Gasteiger partial charge in [-0.1, -0.05) is 36.2 Å². The summed E-state index contributed by atoms with van der Waals surface area (Å²) in [5.74, 6) is 0. The van der Waals surface area contributed by atoms with Gasteiger partial charge in [-0.2, -0.15) is 0 Å². The SMILES string of the molecule is CCCN(C1CCNC1)C(C)c1ccc(Cl)cc1Cl. The van der Waals surface area contributed by atoms with E-state index in [1.165, 1.54) is 12.0 Å². The fourth-order valence-corrected chi connectivity index (χ4v) is 3.46. The number of hydrogen-bond donors (Lipinski definition) is 1. The van der Waals surface area contributed by atoms with Crippen LogP contribution in [0, 0.1) is 0 Å². The quantitative estimate of drug-likeness (QED) is 0.879. The van der Waals surface area contributed by atoms with Crippen LogP contribution in [0.25, 0.3) is 0 Å². The monoisotopic (exact) mass is 300 g/mol. The van der Waals surface area contributed by atoms with Crippen molar-refractivity contribution in [1.29, 1.82) is 0 Å². The Balaban J connectivity index is 2.19. The molecule has 0 spiro atoms. The van der Waals surface area contributed by atoms with E-state index >= 15 is 0 Å². The van der Waals surface area contributed by atoms with E-state index in [-0.39, 0.29) is 0 Å². The number of hydrogen-bond acceptors (Lipinski definition) is 2. The molecule has 1 aliphatic heterocycles. The second-order valence-electron chi connectivity index (χ2n) is 5.23. The zero-order valence-electron chi connectivity index (χ0n) is 11.6. The molecule has 1 aromatic carbocycles. The van der Waals surface area contributed by atoms with Crippen molar-refractivity contribution < 1.29 is 0 Å². The van der Waals surface area contributed by atoms with Crippen molar-refractivity contribution in [2.75, 3.05) is 19.6 Å². The third-order valence-corrected chi connectivity index (χ3v) is 4.46. The summed E-state index contributed by atoms with van der Waals surface area (Å²) in [5.41, 5.74) is 1.17. The van der Waals surface area contributed by atoms with Crippen molar-refractivity contribution in [1.82, 2.24) is 10.2 Å². The van der Waals surface area contributed by atoms with Crippen LogP contribution >= 0.6 is 23.2 Å². The van der Waals surface area contributed by atoms with Crippen LogP contribution in [0.1, 0.15) is 38.3 Å². The first-order chi connectivity index (χ1) is 9.13. The second-order valence-corrected chi connectivity index (χ2v) is 6.07. The fraction of sp³-hybridized carbons (Fsp3) is 0.600. The average Bonchev–Trinajstić information content (AvgIpc) is 2.89. The van der Waals surface area contributed by atoms with Gasteiger partial charge in [-0.05, 0) is 50.6 Å². The summed E-state index contributed by atoms with van der Waals surface area (Å²) >= 11 is 12.3. The molecule has 2 unspecified atom stereocenters. The molecule has 4 heteroatoms. The van der Waals surface area contributed by atoms with Gasteiger partial charge in [0.1, 0.15) is 0 Å². The molecule has 2 nitrogen and oxygen atoms in total. The molecular formula is C15H22Cl2N2. The lowest BCUT2D eigenvalue weighted by Crippen LogP contribution is -2.39. The van der Waals surface area contributed by atoms with Gasteiger partial charge in [-0.25, -0.2) is 0 Å². The molecule has 1 N–H and O–H groups in total. The van der Waals surface area contributed by atoms with Gasteiger partial charge in [0, 0.05) is 28.7 Å². The Kier molecular flexibility index (Phi) is 5.52. The first-order valence-electron chi connectivity index (χ1n) is 7.05. The summed E-state index contributed by atoms with van der Waals surface area (Å²) in [5, 5.41) is 4.92. The number of halogens is 2. The Bertz CT molecular complexity index is 417. The van der Waals surface area contributed by atoms with E-state index in [0.29, 0.717) is 17.1 Å². The van der Waals surface area contributed by atoms with Gasteiger partial charge in [0.25, 0.3) is 0 Å². The third kappa shape index (κ3) is 3.63. The number of nitrogens with zero attached hydrogens (tertiary/aromatic N) is 1. The van der Waals surface area contributed by atoms with Crippen molar-refractivity contribution in [2.45, 2.75) is 38.8 Å². The standard InChI is InChI=1S/C15H22Cl2N2/c1-3-8-19(13-6-7-18-10-13)11(2)14-5-4-12(16)9-15(14)17/h4-5,9,11,13,18H,3,6-8,10H2,1-2H3. The topological polar surface area (TPSA) is 15.3 Å². The maximum absolute atomic E-state index is 6.35. The lowest BCUT2D eigenvalue weighted by molar-refractivity contribution is 0.153. The van der Waals surface area contributed by atoms with Crippen LogP contribution in [-0.4, -0.2) is 30.6 Å². The van der Waals surface area contributed by atoms with Crippen LogP contribution in [0.3, 0.4) is 0 Å². The molecule has 1 saturated heterocycles. The van der Waals surface area contributed by atoms with E-state index in [4.69, 9.17) is 23.2 Å². The normalized spacial score (nSPS) is 21.0. The summed E-state index contributed by atoms with van der Waals surface area (Å²) in [4.78, 5) is 2.56. The average molecular weight is 301 g/mol. The Hall–Kier alpha value is -0.280. The van der Waals surface area contributed by atoms with Gasteiger partial charge in [0.05, 0.1) is 0 Å². The Morgan fingerprint density at radius 3 is 2.79 bits per heavy atom. The molecule has 0 saturated carbocycles. The van der Waals surface area contributed by atoms with Gasteiger partial charge in [-0.3, -0.25) is 4.90 Å². The molecule has 0 bridgehead atoms. The smallest absolute Gasteiger partial charge is 0.0468 e. The van der Waals surface area contributed by atoms with Crippen LogP contribution in [0.2, 0.25) is 10.0 Å². The predicted molar refractivity (Wildman–Crippen MR) is 83.1 cm³/mol. The maximum atomic E-state index is 6.35. The summed E-state index contributed by atoms with van der Waals surface area (Å²) in [7, 11) is 0. The minimum absolute atomic E-state index is 0.328. The zero-order valence-corrected chi connectivity index (χ0v) is 13.1. The Morgan fingerprint density at radius 2 is 2.21 bits per heavy atom. The number of nitrogens with one attached hydrogen (secondary N) is 1. The first-order valence-corrected chi connectivity index (χ1v) is 7.80. The molecule has 2 atom stereocenters. The van der Waals surface area contributed by atoms with Crippen molar-refractivity contribution in [3.63, 3.8) is 0 Å². The van der Waals surface area contributed by atoms with E-state index in [0.717, 1.165) is 31.1 Å². The zero-order chi connectivity index (χ0) is 13.8. The van der Waals surface area contributed by atoms with Gasteiger partial charge in [0.2, 0.25) is 0 Å². The lowest BCUT2D eigenvalue weighted by Gasteiger charge is -2.34. The van der Waals surface area contributed by atoms with Crippen molar-refractivity contribution in [3.8, 4) is 0 Å². The first kappa shape index (κ1) is 15.1. The van der Waals surface area contributed by atoms with Crippen molar-refractivity contribution in [2.24, 2.45) is 0 Å². The molecule has 1 aromatic rings. The van der Waals surface area contributed by atoms with E-state index in [9.17, 15) is 0 Å². The number of benzene rings is 1. The van der Waals surface area contributed by atoms with Crippen molar-refractivity contribution >= 4 is 23.2 Å². The molecular weight excluding hydrogens is 279 g/mol. The van der Waals surface area contributed by atoms with Crippen LogP contribution < -0.4 is 5.32 Å². The van der Waals surface area contributed by atoms with Gasteiger partial charge in [0.15, 0.2) is 0 Å². The third-order valence-electron chi connectivity index (χ3n) is 3.90. The highest BCUT2D eigenvalue weighted by molar-refractivity contribution is 6.35. The predicted octanol–water partition coefficient (Wildman–Crippen LogP) is 4.13. The summed E-state index contributed by atoms with van der Waals surface area (Å²) in [6.07, 6.45) is 2.38. The van der Waals surface area contributed by atoms with Crippen LogP contribution in [0.15, 0.2) is 18.2 Å². The van der Waals surface area contributed by atoms with E-state index in [2.05, 4.69) is 30.1 Å². The molecule has 0 aromatic heterocycles. The summed E-state index contributed by atoms with van der Waals surface area (Å²) in [6.45, 7) is 7.77. The highest BCUT2D eigenvalue weighted by Crippen LogP contribution is 2.31. The molecule has 0 radical (unpaired) electrons. The molecule has 1 heterocycles. The summed E-state index contributed by atoms with van der Waals surface area (Å²) in [6, 6.07) is 6.76. The Morgan fingerprint density at radius 1 is 1.42 bits per heavy atom. The summed E-state index contributed by atoms with van der Waals surface area (Å²) < 4.78 is 0. The highest BCUT2D eigenvalue weighted by atomic mass is 35.5. The van der Waals surface area contributed by atoms with E-state index < -0.39 is 0 Å². The molecule has 19 heavy (non-hydrogen) atoms. The second kappa shape index (κ2) is 6.94. The van der Waals surface area contributed by atoms with Gasteiger partial charge in [-0.15, -0.1) is 0 Å². The molecule has 2 rings (SSSR count). The molecule has 0 amide bonds. The van der Waals surface area contributed by atoms with Crippen molar-refractivity contribution in [3.05, 3.63) is 33.8 Å². The van der Waals surface area contributed by atoms with Gasteiger partial charge >= 0.3 is 0 Å². The van der Waals surface area contributed by atoms with E-state index in [1.54, 1.807) is 0 Å². The van der Waals surface area contributed by atoms with Crippen LogP contribution in [0.4, 0.5) is 0 Å². The largest absolute Gasteiger partial charge is 0.315 e. The van der Waals surface area contributed by atoms with Crippen LogP contribution in [-0.2, 0) is 0 Å². The molecule has 0 aliphatic carbocycles. The van der Waals surface area contributed by atoms with E-state index in [1.807, 2.05) is 12.1 Å². The fourth-order valence-electron chi connectivity index (χ4n) is 2.89. The molecule has 1 aliphatic rings. The van der Waals surface area contributed by atoms with Gasteiger partial charge < -0.3 is 5.32 Å². The van der Waals surface area contributed by atoms with Crippen LogP contribution in [0.5, 0.6) is 0 Å². The number of rotatable bonds is 5. The minimum atomic E-state index is 0.328. The lowest BCUT2D eigenvalue weighted by atomic mass is 10.0. The maximum Gasteiger partial charge on any atom is 0.0468 e. The molecule has 1 fully saturated rings.